The van der Waals surface area contributed by atoms with Crippen LogP contribution in [-0.4, -0.2) is 17.0 Å². The molecule has 0 radical (unpaired) electrons. The second-order valence-corrected chi connectivity index (χ2v) is 10.2. The topological polar surface area (TPSA) is 93.8 Å². The van der Waals surface area contributed by atoms with E-state index in [2.05, 4.69) is 57.4 Å². The number of nitrogens with one attached hydrogen (secondary N) is 1. The molecule has 0 aliphatic rings. The third kappa shape index (κ3) is 5.21. The Labute approximate surface area is 223 Å². The number of hydrazone groups is 1. The fourth-order valence-electron chi connectivity index (χ4n) is 3.77. The van der Waals surface area contributed by atoms with Crippen LogP contribution in [0.15, 0.2) is 90.0 Å². The number of hydrogen-bond acceptors (Lipinski definition) is 6. The van der Waals surface area contributed by atoms with Gasteiger partial charge < -0.3 is 4.74 Å². The van der Waals surface area contributed by atoms with Crippen molar-refractivity contribution < 1.29 is 14.5 Å². The van der Waals surface area contributed by atoms with E-state index in [0.717, 1.165) is 25.1 Å². The van der Waals surface area contributed by atoms with Gasteiger partial charge in [0.15, 0.2) is 0 Å². The minimum absolute atomic E-state index is 0.00979. The third-order valence-corrected chi connectivity index (χ3v) is 7.49. The van der Waals surface area contributed by atoms with E-state index in [1.165, 1.54) is 34.2 Å². The van der Waals surface area contributed by atoms with Crippen molar-refractivity contribution in [2.24, 2.45) is 5.10 Å². The summed E-state index contributed by atoms with van der Waals surface area (Å²) < 4.78 is 7.80. The van der Waals surface area contributed by atoms with E-state index < -0.39 is 4.92 Å². The number of non-ortho nitro benzene ring substituents is 1. The van der Waals surface area contributed by atoms with E-state index in [9.17, 15) is 14.9 Å². The molecule has 0 spiro atoms. The molecular formula is C27H18IN3O4S. The maximum absolute atomic E-state index is 12.5. The Balaban J connectivity index is 1.22. The summed E-state index contributed by atoms with van der Waals surface area (Å²) in [4.78, 5) is 23.4. The summed E-state index contributed by atoms with van der Waals surface area (Å²) in [7, 11) is 0. The largest absolute Gasteiger partial charge is 0.488 e. The number of fused-ring (bicyclic) bond motifs is 2. The molecule has 36 heavy (non-hydrogen) atoms. The summed E-state index contributed by atoms with van der Waals surface area (Å²) in [5, 5.41) is 18.0. The van der Waals surface area contributed by atoms with Gasteiger partial charge in [0, 0.05) is 22.2 Å². The zero-order valence-corrected chi connectivity index (χ0v) is 21.7. The van der Waals surface area contributed by atoms with Gasteiger partial charge in [0.05, 0.1) is 19.6 Å². The fourth-order valence-corrected chi connectivity index (χ4v) is 5.39. The summed E-state index contributed by atoms with van der Waals surface area (Å²) in [6.45, 7) is 0.458. The second kappa shape index (κ2) is 10.4. The molecule has 0 fully saturated rings. The van der Waals surface area contributed by atoms with Gasteiger partial charge in [0.25, 0.3) is 11.6 Å². The molecule has 5 rings (SSSR count). The fraction of sp³-hybridized carbons (Fsp3) is 0.0370. The minimum atomic E-state index is -0.456. The molecule has 0 bridgehead atoms. The maximum atomic E-state index is 12.5. The molecule has 0 atom stereocenters. The van der Waals surface area contributed by atoms with E-state index >= 15 is 0 Å². The normalized spacial score (nSPS) is 11.2. The van der Waals surface area contributed by atoms with Crippen molar-refractivity contribution in [3.05, 3.63) is 115 Å². The molecule has 0 saturated carbocycles. The number of nitro benzene ring substituents is 1. The lowest BCUT2D eigenvalue weighted by Gasteiger charge is -2.11. The number of ether oxygens (including phenoxy) is 1. The van der Waals surface area contributed by atoms with Gasteiger partial charge in [-0.1, -0.05) is 42.5 Å². The van der Waals surface area contributed by atoms with E-state index in [-0.39, 0.29) is 11.6 Å². The van der Waals surface area contributed by atoms with Crippen LogP contribution in [0.2, 0.25) is 0 Å². The Morgan fingerprint density at radius 3 is 2.69 bits per heavy atom. The molecule has 178 valence electrons. The van der Waals surface area contributed by atoms with Gasteiger partial charge in [-0.3, -0.25) is 14.9 Å². The number of hydrogen-bond donors (Lipinski definition) is 1. The Kier molecular flexibility index (Phi) is 6.92. The van der Waals surface area contributed by atoms with Crippen LogP contribution in [0.25, 0.3) is 20.9 Å². The van der Waals surface area contributed by atoms with Crippen molar-refractivity contribution in [3.63, 3.8) is 0 Å². The lowest BCUT2D eigenvalue weighted by Crippen LogP contribution is -2.16. The average Bonchev–Trinajstić information content (AvgIpc) is 3.32. The van der Waals surface area contributed by atoms with Crippen molar-refractivity contribution >= 4 is 72.6 Å². The van der Waals surface area contributed by atoms with E-state index in [0.29, 0.717) is 16.9 Å². The Morgan fingerprint density at radius 2 is 1.86 bits per heavy atom. The van der Waals surface area contributed by atoms with Gasteiger partial charge in [-0.2, -0.15) is 5.10 Å². The number of rotatable bonds is 7. The minimum Gasteiger partial charge on any atom is -0.488 e. The van der Waals surface area contributed by atoms with Crippen LogP contribution < -0.4 is 10.2 Å². The van der Waals surface area contributed by atoms with Gasteiger partial charge in [0.1, 0.15) is 12.4 Å². The van der Waals surface area contributed by atoms with Gasteiger partial charge >= 0.3 is 0 Å². The van der Waals surface area contributed by atoms with Gasteiger partial charge in [-0.25, -0.2) is 5.43 Å². The van der Waals surface area contributed by atoms with Crippen molar-refractivity contribution in [1.29, 1.82) is 0 Å². The molecule has 0 unspecified atom stereocenters. The lowest BCUT2D eigenvalue weighted by atomic mass is 10.1. The van der Waals surface area contributed by atoms with Crippen molar-refractivity contribution in [3.8, 4) is 5.75 Å². The summed E-state index contributed by atoms with van der Waals surface area (Å²) in [6, 6.07) is 26.2. The number of amides is 1. The van der Waals surface area contributed by atoms with Crippen molar-refractivity contribution in [2.45, 2.75) is 6.61 Å². The highest BCUT2D eigenvalue weighted by molar-refractivity contribution is 14.1. The lowest BCUT2D eigenvalue weighted by molar-refractivity contribution is -0.384. The highest BCUT2D eigenvalue weighted by atomic mass is 127. The summed E-state index contributed by atoms with van der Waals surface area (Å²) >= 11 is 3.47. The quantitative estimate of drug-likeness (QED) is 0.0942. The number of carbonyl (C=O) groups is 1. The van der Waals surface area contributed by atoms with Crippen LogP contribution in [-0.2, 0) is 6.61 Å². The van der Waals surface area contributed by atoms with E-state index in [4.69, 9.17) is 4.74 Å². The smallest absolute Gasteiger partial charge is 0.281 e. The molecule has 1 N–H and O–H groups in total. The summed E-state index contributed by atoms with van der Waals surface area (Å²) in [5.74, 6) is 0.393. The van der Waals surface area contributed by atoms with Crippen LogP contribution >= 0.6 is 33.9 Å². The van der Waals surface area contributed by atoms with E-state index in [1.54, 1.807) is 18.3 Å². The molecule has 0 saturated heterocycles. The molecule has 1 amide bonds. The standard InChI is InChI=1S/C27H18IN3O4S/c28-23-12-17(8-10-24(23)35-16-19-6-3-5-18-4-1-2-7-22(18)19)15-29-30-27(32)26-14-20-13-21(31(33)34)9-11-25(20)36-26/h1-15H,16H2,(H,30,32)/b29-15-. The first kappa shape index (κ1) is 23.9. The number of carbonyl (C=O) groups excluding carboxylic acids is 1. The maximum Gasteiger partial charge on any atom is 0.281 e. The number of thiophene rings is 1. The second-order valence-electron chi connectivity index (χ2n) is 7.91. The van der Waals surface area contributed by atoms with Crippen LogP contribution in [0.3, 0.4) is 0 Å². The van der Waals surface area contributed by atoms with Crippen LogP contribution in [0.1, 0.15) is 20.8 Å². The third-order valence-electron chi connectivity index (χ3n) is 5.53. The highest BCUT2D eigenvalue weighted by Gasteiger charge is 2.13. The Bertz CT molecular complexity index is 1640. The first-order valence-electron chi connectivity index (χ1n) is 10.9. The first-order valence-corrected chi connectivity index (χ1v) is 12.8. The molecule has 9 heteroatoms. The highest BCUT2D eigenvalue weighted by Crippen LogP contribution is 2.29. The molecule has 1 aromatic heterocycles. The van der Waals surface area contributed by atoms with Crippen molar-refractivity contribution in [2.75, 3.05) is 0 Å². The van der Waals surface area contributed by atoms with Gasteiger partial charge in [-0.15, -0.1) is 11.3 Å². The van der Waals surface area contributed by atoms with Crippen molar-refractivity contribution in [1.82, 2.24) is 5.43 Å². The number of nitro groups is 1. The molecular weight excluding hydrogens is 589 g/mol. The van der Waals surface area contributed by atoms with Crippen LogP contribution in [0, 0.1) is 13.7 Å². The SMILES string of the molecule is O=C(N/N=C\c1ccc(OCc2cccc3ccccc23)c(I)c1)c1cc2cc([N+](=O)[O-])ccc2s1. The summed E-state index contributed by atoms with van der Waals surface area (Å²) in [5.41, 5.74) is 4.44. The Morgan fingerprint density at radius 1 is 1.03 bits per heavy atom. The average molecular weight is 607 g/mol. The zero-order chi connectivity index (χ0) is 25.1. The number of halogens is 1. The predicted molar refractivity (Wildman–Crippen MR) is 151 cm³/mol. The summed E-state index contributed by atoms with van der Waals surface area (Å²) in [6.07, 6.45) is 1.56. The number of benzene rings is 4. The van der Waals surface area contributed by atoms with Gasteiger partial charge in [0.2, 0.25) is 0 Å². The molecule has 1 heterocycles. The monoisotopic (exact) mass is 607 g/mol. The van der Waals surface area contributed by atoms with Crippen LogP contribution in [0.4, 0.5) is 5.69 Å². The molecule has 4 aromatic carbocycles. The molecule has 7 nitrogen and oxygen atoms in total. The molecule has 0 aliphatic carbocycles. The first-order chi connectivity index (χ1) is 17.5. The molecule has 5 aromatic rings. The Hall–Kier alpha value is -3.83. The van der Waals surface area contributed by atoms with Gasteiger partial charge in [-0.05, 0) is 74.8 Å². The van der Waals surface area contributed by atoms with Crippen LogP contribution in [0.5, 0.6) is 5.75 Å². The number of nitrogens with zero attached hydrogens (tertiary/aromatic N) is 2. The molecule has 0 aliphatic heterocycles. The van der Waals surface area contributed by atoms with E-state index in [1.807, 2.05) is 36.4 Å². The predicted octanol–water partition coefficient (Wildman–Crippen LogP) is 6.91. The zero-order valence-electron chi connectivity index (χ0n) is 18.7.